The van der Waals surface area contributed by atoms with E-state index in [-0.39, 0.29) is 21.7 Å². The average Bonchev–Trinajstić information content (AvgIpc) is 2.85. The number of benzene rings is 2. The molecule has 2 aromatic rings. The second-order valence-corrected chi connectivity index (χ2v) is 7.56. The predicted octanol–water partition coefficient (Wildman–Crippen LogP) is 4.06. The Bertz CT molecular complexity index is 993. The van der Waals surface area contributed by atoms with Gasteiger partial charge in [0.15, 0.2) is 0 Å². The van der Waals surface area contributed by atoms with Crippen LogP contribution in [0.1, 0.15) is 51.8 Å². The molecule has 1 heterocycles. The number of rotatable bonds is 3. The van der Waals surface area contributed by atoms with E-state index in [1.807, 2.05) is 0 Å². The number of nitrogens with zero attached hydrogens (tertiary/aromatic N) is 1. The Labute approximate surface area is 171 Å². The van der Waals surface area contributed by atoms with E-state index in [0.717, 1.165) is 0 Å². The van der Waals surface area contributed by atoms with E-state index in [1.165, 1.54) is 30.3 Å². The lowest BCUT2D eigenvalue weighted by atomic mass is 10.1. The first-order valence-corrected chi connectivity index (χ1v) is 8.94. The molecule has 0 atom stereocenters. The largest absolute Gasteiger partial charge is 0.444 e. The van der Waals surface area contributed by atoms with Crippen molar-refractivity contribution in [3.8, 4) is 0 Å². The summed E-state index contributed by atoms with van der Waals surface area (Å²) >= 11 is 6.11. The lowest BCUT2D eigenvalue weighted by Gasteiger charge is -2.19. The molecule has 9 heteroatoms. The number of hydrogen-bond acceptors (Lipinski definition) is 6. The summed E-state index contributed by atoms with van der Waals surface area (Å²) in [5, 5.41) is 2.85. The first kappa shape index (κ1) is 20.3. The van der Waals surface area contributed by atoms with Crippen molar-refractivity contribution >= 4 is 41.2 Å². The summed E-state index contributed by atoms with van der Waals surface area (Å²) < 4.78 is 5.14. The van der Waals surface area contributed by atoms with Gasteiger partial charge in [-0.2, -0.15) is 0 Å². The topological polar surface area (TPSA) is 102 Å². The van der Waals surface area contributed by atoms with Gasteiger partial charge in [0, 0.05) is 5.69 Å². The van der Waals surface area contributed by atoms with Gasteiger partial charge < -0.3 is 9.57 Å². The summed E-state index contributed by atoms with van der Waals surface area (Å²) in [6.45, 7) is 5.16. The fraction of sp³-hybridized carbons (Fsp3) is 0.200. The Balaban J connectivity index is 1.72. The van der Waals surface area contributed by atoms with E-state index in [1.54, 1.807) is 32.9 Å². The van der Waals surface area contributed by atoms with Crippen LogP contribution < -0.4 is 5.32 Å². The molecule has 0 saturated carbocycles. The van der Waals surface area contributed by atoms with Crippen LogP contribution in [0.3, 0.4) is 0 Å². The maximum Gasteiger partial charge on any atom is 0.412 e. The van der Waals surface area contributed by atoms with Crippen molar-refractivity contribution in [2.75, 3.05) is 5.32 Å². The molecule has 0 spiro atoms. The van der Waals surface area contributed by atoms with Crippen LogP contribution in [0.2, 0.25) is 5.02 Å². The third-order valence-electron chi connectivity index (χ3n) is 3.77. The molecular formula is C20H17ClN2O6. The van der Waals surface area contributed by atoms with Gasteiger partial charge in [0.1, 0.15) is 5.60 Å². The van der Waals surface area contributed by atoms with Crippen LogP contribution in [0.15, 0.2) is 42.5 Å². The highest BCUT2D eigenvalue weighted by atomic mass is 35.5. The van der Waals surface area contributed by atoms with Gasteiger partial charge in [-0.25, -0.2) is 9.59 Å². The molecule has 1 aliphatic rings. The molecule has 3 amide bonds. The number of carbonyl (C=O) groups is 4. The van der Waals surface area contributed by atoms with Gasteiger partial charge in [0.2, 0.25) is 0 Å². The van der Waals surface area contributed by atoms with Crippen LogP contribution in [-0.2, 0) is 9.57 Å². The van der Waals surface area contributed by atoms with Crippen LogP contribution in [-0.4, -0.2) is 34.5 Å². The highest BCUT2D eigenvalue weighted by Crippen LogP contribution is 2.26. The molecule has 3 rings (SSSR count). The molecule has 0 aromatic heterocycles. The number of hydroxylamine groups is 2. The lowest BCUT2D eigenvalue weighted by molar-refractivity contribution is -0.0584. The second kappa shape index (κ2) is 7.56. The Morgan fingerprint density at radius 1 is 1.00 bits per heavy atom. The fourth-order valence-electron chi connectivity index (χ4n) is 2.56. The summed E-state index contributed by atoms with van der Waals surface area (Å²) in [6, 6.07) is 10.2. The number of nitrogens with one attached hydrogen (secondary N) is 1. The molecule has 8 nitrogen and oxygen atoms in total. The zero-order valence-corrected chi connectivity index (χ0v) is 16.6. The van der Waals surface area contributed by atoms with Crippen LogP contribution >= 0.6 is 11.6 Å². The van der Waals surface area contributed by atoms with Crippen LogP contribution in [0, 0.1) is 0 Å². The quantitative estimate of drug-likeness (QED) is 0.757. The molecule has 1 aliphatic heterocycles. The number of imide groups is 1. The number of ether oxygens (including phenoxy) is 1. The standard InChI is InChI=1S/C20H17ClN2O6/c1-20(2,3)28-19(27)22-11-8-9-14(15(21)10-11)18(26)29-23-16(24)12-6-4-5-7-13(12)17(23)25/h4-10H,1-3H3,(H,22,27). The summed E-state index contributed by atoms with van der Waals surface area (Å²) in [6.07, 6.45) is -0.685. The summed E-state index contributed by atoms with van der Waals surface area (Å²) in [4.78, 5) is 53.8. The summed E-state index contributed by atoms with van der Waals surface area (Å²) in [5.74, 6) is -2.47. The normalized spacial score (nSPS) is 13.2. The van der Waals surface area contributed by atoms with Gasteiger partial charge in [0.25, 0.3) is 11.8 Å². The molecule has 29 heavy (non-hydrogen) atoms. The number of fused-ring (bicyclic) bond motifs is 1. The van der Waals surface area contributed by atoms with Crippen molar-refractivity contribution in [3.63, 3.8) is 0 Å². The second-order valence-electron chi connectivity index (χ2n) is 7.15. The molecular weight excluding hydrogens is 400 g/mol. The number of anilines is 1. The molecule has 0 bridgehead atoms. The van der Waals surface area contributed by atoms with Crippen molar-refractivity contribution in [1.29, 1.82) is 0 Å². The van der Waals surface area contributed by atoms with Crippen LogP contribution in [0.4, 0.5) is 10.5 Å². The third kappa shape index (κ3) is 4.38. The Kier molecular flexibility index (Phi) is 5.30. The van der Waals surface area contributed by atoms with E-state index < -0.39 is 29.5 Å². The Morgan fingerprint density at radius 3 is 2.10 bits per heavy atom. The fourth-order valence-corrected chi connectivity index (χ4v) is 2.82. The number of carbonyl (C=O) groups excluding carboxylic acids is 4. The third-order valence-corrected chi connectivity index (χ3v) is 4.08. The van der Waals surface area contributed by atoms with Crippen LogP contribution in [0.5, 0.6) is 0 Å². The highest BCUT2D eigenvalue weighted by Gasteiger charge is 2.39. The van der Waals surface area contributed by atoms with Crippen molar-refractivity contribution in [3.05, 3.63) is 64.2 Å². The van der Waals surface area contributed by atoms with Gasteiger partial charge in [-0.15, -0.1) is 0 Å². The van der Waals surface area contributed by atoms with E-state index >= 15 is 0 Å². The molecule has 0 radical (unpaired) electrons. The van der Waals surface area contributed by atoms with Gasteiger partial charge >= 0.3 is 12.1 Å². The SMILES string of the molecule is CC(C)(C)OC(=O)Nc1ccc(C(=O)ON2C(=O)c3ccccc3C2=O)c(Cl)c1. The Morgan fingerprint density at radius 2 is 1.59 bits per heavy atom. The minimum absolute atomic E-state index is 0.0415. The minimum atomic E-state index is -0.992. The first-order valence-electron chi connectivity index (χ1n) is 8.56. The van der Waals surface area contributed by atoms with Gasteiger partial charge in [-0.05, 0) is 51.1 Å². The maximum absolute atomic E-state index is 12.4. The van der Waals surface area contributed by atoms with E-state index in [9.17, 15) is 19.2 Å². The predicted molar refractivity (Wildman–Crippen MR) is 104 cm³/mol. The Hall–Kier alpha value is -3.39. The minimum Gasteiger partial charge on any atom is -0.444 e. The van der Waals surface area contributed by atoms with Crippen molar-refractivity contribution in [1.82, 2.24) is 5.06 Å². The molecule has 150 valence electrons. The summed E-state index contributed by atoms with van der Waals surface area (Å²) in [5.41, 5.74) is -0.176. The van der Waals surface area contributed by atoms with Gasteiger partial charge in [-0.3, -0.25) is 14.9 Å². The van der Waals surface area contributed by atoms with E-state index in [2.05, 4.69) is 5.32 Å². The van der Waals surface area contributed by atoms with E-state index in [4.69, 9.17) is 21.2 Å². The number of halogens is 1. The maximum atomic E-state index is 12.4. The van der Waals surface area contributed by atoms with Gasteiger partial charge in [-0.1, -0.05) is 28.8 Å². The smallest absolute Gasteiger partial charge is 0.412 e. The van der Waals surface area contributed by atoms with Crippen LogP contribution in [0.25, 0.3) is 0 Å². The molecule has 0 aliphatic carbocycles. The van der Waals surface area contributed by atoms with Crippen molar-refractivity contribution in [2.24, 2.45) is 0 Å². The van der Waals surface area contributed by atoms with E-state index in [0.29, 0.717) is 10.8 Å². The molecule has 0 unspecified atom stereocenters. The zero-order chi connectivity index (χ0) is 21.3. The molecule has 2 aromatic carbocycles. The summed E-state index contributed by atoms with van der Waals surface area (Å²) in [7, 11) is 0. The lowest BCUT2D eigenvalue weighted by Crippen LogP contribution is -2.32. The zero-order valence-electron chi connectivity index (χ0n) is 15.8. The van der Waals surface area contributed by atoms with Gasteiger partial charge in [0.05, 0.1) is 21.7 Å². The number of hydrogen-bond donors (Lipinski definition) is 1. The average molecular weight is 417 g/mol. The number of amides is 3. The molecule has 0 fully saturated rings. The van der Waals surface area contributed by atoms with Crippen molar-refractivity contribution < 1.29 is 28.8 Å². The first-order chi connectivity index (χ1) is 13.6. The monoisotopic (exact) mass is 416 g/mol. The highest BCUT2D eigenvalue weighted by molar-refractivity contribution is 6.34. The molecule has 1 N–H and O–H groups in total. The molecule has 0 saturated heterocycles. The van der Waals surface area contributed by atoms with Crippen molar-refractivity contribution in [2.45, 2.75) is 26.4 Å².